The molecule has 19 heavy (non-hydrogen) atoms. The number of hydrogen-bond donors (Lipinski definition) is 1. The van der Waals surface area contributed by atoms with Gasteiger partial charge in [0, 0.05) is 6.54 Å². The molecule has 2 saturated heterocycles. The van der Waals surface area contributed by atoms with E-state index in [9.17, 15) is 9.18 Å². The summed E-state index contributed by atoms with van der Waals surface area (Å²) in [7, 11) is 1.44. The minimum atomic E-state index is -0.394. The van der Waals surface area contributed by atoms with Crippen molar-refractivity contribution in [3.05, 3.63) is 29.6 Å². The number of amides is 1. The van der Waals surface area contributed by atoms with Gasteiger partial charge in [0.05, 0.1) is 13.2 Å². The molecule has 0 aromatic heterocycles. The topological polar surface area (TPSA) is 41.6 Å². The third kappa shape index (κ3) is 2.08. The first kappa shape index (κ1) is 12.4. The Morgan fingerprint density at radius 1 is 1.42 bits per heavy atom. The SMILES string of the molecule is COc1ccc(C2NC(=O)C3CCCCN32)cc1F. The molecule has 2 aliphatic heterocycles. The minimum Gasteiger partial charge on any atom is -0.494 e. The fourth-order valence-electron chi connectivity index (χ4n) is 2.99. The van der Waals surface area contributed by atoms with Gasteiger partial charge in [-0.3, -0.25) is 9.69 Å². The average molecular weight is 264 g/mol. The van der Waals surface area contributed by atoms with Gasteiger partial charge in [-0.25, -0.2) is 4.39 Å². The predicted molar refractivity (Wildman–Crippen MR) is 68.2 cm³/mol. The monoisotopic (exact) mass is 264 g/mol. The molecular formula is C14H17FN2O2. The molecule has 1 aromatic rings. The van der Waals surface area contributed by atoms with Crippen LogP contribution >= 0.6 is 0 Å². The van der Waals surface area contributed by atoms with Gasteiger partial charge in [0.15, 0.2) is 11.6 Å². The van der Waals surface area contributed by atoms with Gasteiger partial charge in [0.25, 0.3) is 0 Å². The van der Waals surface area contributed by atoms with Crippen LogP contribution in [0, 0.1) is 5.82 Å². The van der Waals surface area contributed by atoms with Crippen LogP contribution in [0.2, 0.25) is 0 Å². The second-order valence-corrected chi connectivity index (χ2v) is 5.05. The molecule has 2 atom stereocenters. The maximum atomic E-state index is 13.8. The van der Waals surface area contributed by atoms with Gasteiger partial charge in [-0.05, 0) is 30.5 Å². The van der Waals surface area contributed by atoms with E-state index < -0.39 is 5.82 Å². The normalized spacial score (nSPS) is 26.9. The zero-order valence-electron chi connectivity index (χ0n) is 10.9. The molecule has 102 valence electrons. The molecule has 0 spiro atoms. The molecule has 1 amide bonds. The largest absolute Gasteiger partial charge is 0.494 e. The number of carbonyl (C=O) groups is 1. The first-order valence-electron chi connectivity index (χ1n) is 6.60. The lowest BCUT2D eigenvalue weighted by molar-refractivity contribution is -0.122. The lowest BCUT2D eigenvalue weighted by Crippen LogP contribution is -2.38. The Balaban J connectivity index is 1.89. The number of nitrogens with one attached hydrogen (secondary N) is 1. The third-order valence-corrected chi connectivity index (χ3v) is 3.95. The number of nitrogens with zero attached hydrogens (tertiary/aromatic N) is 1. The summed E-state index contributed by atoms with van der Waals surface area (Å²) in [5.41, 5.74) is 0.774. The number of piperidine rings is 1. The standard InChI is InChI=1S/C14H17FN2O2/c1-19-12-6-5-9(8-10(12)15)13-16-14(18)11-4-2-3-7-17(11)13/h5-6,8,11,13H,2-4,7H2,1H3,(H,16,18). The van der Waals surface area contributed by atoms with E-state index >= 15 is 0 Å². The maximum absolute atomic E-state index is 13.8. The highest BCUT2D eigenvalue weighted by Gasteiger charge is 2.41. The minimum absolute atomic E-state index is 0.0519. The smallest absolute Gasteiger partial charge is 0.238 e. The summed E-state index contributed by atoms with van der Waals surface area (Å²) in [6.45, 7) is 0.877. The van der Waals surface area contributed by atoms with Crippen LogP contribution in [0.15, 0.2) is 18.2 Å². The van der Waals surface area contributed by atoms with E-state index in [2.05, 4.69) is 10.2 Å². The van der Waals surface area contributed by atoms with E-state index in [4.69, 9.17) is 4.74 Å². The highest BCUT2D eigenvalue weighted by atomic mass is 19.1. The Morgan fingerprint density at radius 2 is 2.26 bits per heavy atom. The predicted octanol–water partition coefficient (Wildman–Crippen LogP) is 1.82. The number of ether oxygens (including phenoxy) is 1. The Morgan fingerprint density at radius 3 is 3.00 bits per heavy atom. The van der Waals surface area contributed by atoms with Crippen LogP contribution in [0.25, 0.3) is 0 Å². The zero-order chi connectivity index (χ0) is 13.4. The Hall–Kier alpha value is -1.62. The number of rotatable bonds is 2. The molecule has 3 rings (SSSR count). The van der Waals surface area contributed by atoms with Gasteiger partial charge in [0.1, 0.15) is 6.17 Å². The number of methoxy groups -OCH3 is 1. The molecule has 2 fully saturated rings. The Bertz CT molecular complexity index is 506. The van der Waals surface area contributed by atoms with E-state index in [0.29, 0.717) is 0 Å². The van der Waals surface area contributed by atoms with E-state index in [1.807, 2.05) is 6.07 Å². The summed E-state index contributed by atoms with van der Waals surface area (Å²) in [6.07, 6.45) is 2.85. The number of carbonyl (C=O) groups excluding carboxylic acids is 1. The van der Waals surface area contributed by atoms with Crippen molar-refractivity contribution in [1.82, 2.24) is 10.2 Å². The highest BCUT2D eigenvalue weighted by Crippen LogP contribution is 2.33. The lowest BCUT2D eigenvalue weighted by atomic mass is 10.0. The molecule has 0 bridgehead atoms. The number of benzene rings is 1. The summed E-state index contributed by atoms with van der Waals surface area (Å²) < 4.78 is 18.7. The Labute approximate surface area is 111 Å². The maximum Gasteiger partial charge on any atom is 0.238 e. The molecule has 2 unspecified atom stereocenters. The summed E-state index contributed by atoms with van der Waals surface area (Å²) in [4.78, 5) is 14.1. The van der Waals surface area contributed by atoms with Crippen molar-refractivity contribution in [3.63, 3.8) is 0 Å². The van der Waals surface area contributed by atoms with Crippen LogP contribution < -0.4 is 10.1 Å². The number of hydrogen-bond acceptors (Lipinski definition) is 3. The van der Waals surface area contributed by atoms with Crippen molar-refractivity contribution in [2.24, 2.45) is 0 Å². The van der Waals surface area contributed by atoms with Gasteiger partial charge >= 0.3 is 0 Å². The average Bonchev–Trinajstić information content (AvgIpc) is 2.77. The van der Waals surface area contributed by atoms with Crippen molar-refractivity contribution < 1.29 is 13.9 Å². The molecule has 1 aromatic carbocycles. The first-order valence-corrected chi connectivity index (χ1v) is 6.60. The molecule has 2 aliphatic rings. The van der Waals surface area contributed by atoms with Crippen molar-refractivity contribution in [3.8, 4) is 5.75 Å². The van der Waals surface area contributed by atoms with Crippen LogP contribution in [0.5, 0.6) is 5.75 Å². The Kier molecular flexibility index (Phi) is 3.14. The molecule has 1 N–H and O–H groups in total. The fourth-order valence-corrected chi connectivity index (χ4v) is 2.99. The molecule has 0 saturated carbocycles. The summed E-state index contributed by atoms with van der Waals surface area (Å²) in [6, 6.07) is 4.81. The summed E-state index contributed by atoms with van der Waals surface area (Å²) in [5, 5.41) is 2.96. The molecule has 4 nitrogen and oxygen atoms in total. The van der Waals surface area contributed by atoms with Crippen LogP contribution in [-0.2, 0) is 4.79 Å². The zero-order valence-corrected chi connectivity index (χ0v) is 10.9. The second kappa shape index (κ2) is 4.81. The van der Waals surface area contributed by atoms with Gasteiger partial charge < -0.3 is 10.1 Å². The first-order chi connectivity index (χ1) is 9.20. The van der Waals surface area contributed by atoms with Gasteiger partial charge in [-0.2, -0.15) is 0 Å². The van der Waals surface area contributed by atoms with Crippen LogP contribution in [-0.4, -0.2) is 30.5 Å². The fraction of sp³-hybridized carbons (Fsp3) is 0.500. The molecule has 0 radical (unpaired) electrons. The highest BCUT2D eigenvalue weighted by molar-refractivity contribution is 5.84. The number of halogens is 1. The quantitative estimate of drug-likeness (QED) is 0.886. The van der Waals surface area contributed by atoms with Crippen molar-refractivity contribution in [2.75, 3.05) is 13.7 Å². The van der Waals surface area contributed by atoms with Crippen LogP contribution in [0.3, 0.4) is 0 Å². The van der Waals surface area contributed by atoms with Gasteiger partial charge in [-0.15, -0.1) is 0 Å². The second-order valence-electron chi connectivity index (χ2n) is 5.05. The van der Waals surface area contributed by atoms with E-state index in [1.54, 1.807) is 6.07 Å². The van der Waals surface area contributed by atoms with Crippen LogP contribution in [0.1, 0.15) is 31.0 Å². The molecule has 5 heteroatoms. The molecule has 2 heterocycles. The van der Waals surface area contributed by atoms with Crippen molar-refractivity contribution in [2.45, 2.75) is 31.5 Å². The third-order valence-electron chi connectivity index (χ3n) is 3.95. The van der Waals surface area contributed by atoms with Crippen molar-refractivity contribution >= 4 is 5.91 Å². The van der Waals surface area contributed by atoms with Crippen LogP contribution in [0.4, 0.5) is 4.39 Å². The summed E-state index contributed by atoms with van der Waals surface area (Å²) >= 11 is 0. The van der Waals surface area contributed by atoms with E-state index in [0.717, 1.165) is 31.4 Å². The molecule has 0 aliphatic carbocycles. The lowest BCUT2D eigenvalue weighted by Gasteiger charge is -2.31. The molecular weight excluding hydrogens is 247 g/mol. The summed E-state index contributed by atoms with van der Waals surface area (Å²) in [5.74, 6) is -0.112. The van der Waals surface area contributed by atoms with E-state index in [-0.39, 0.29) is 23.9 Å². The van der Waals surface area contributed by atoms with E-state index in [1.165, 1.54) is 13.2 Å². The number of fused-ring (bicyclic) bond motifs is 1. The van der Waals surface area contributed by atoms with Gasteiger partial charge in [-0.1, -0.05) is 12.5 Å². The van der Waals surface area contributed by atoms with Gasteiger partial charge in [0.2, 0.25) is 5.91 Å². The van der Waals surface area contributed by atoms with Crippen molar-refractivity contribution in [1.29, 1.82) is 0 Å².